The molecule has 0 heterocycles. The van der Waals surface area contributed by atoms with Gasteiger partial charge in [-0.2, -0.15) is 18.7 Å². The Labute approximate surface area is 135 Å². The monoisotopic (exact) mass is 350 g/mol. The molecule has 0 spiro atoms. The van der Waals surface area contributed by atoms with Gasteiger partial charge in [0.15, 0.2) is 0 Å². The maximum Gasteiger partial charge on any atom is 0.490 e. The second-order valence-corrected chi connectivity index (χ2v) is 4.79. The van der Waals surface area contributed by atoms with Crippen molar-refractivity contribution in [2.24, 2.45) is 11.7 Å². The average Bonchev–Trinajstić information content (AvgIpc) is 2.51. The fourth-order valence-electron chi connectivity index (χ4n) is 1.09. The van der Waals surface area contributed by atoms with E-state index < -0.39 is 30.1 Å². The Balaban J connectivity index is 0.000000640. The van der Waals surface area contributed by atoms with Crippen LogP contribution in [0.3, 0.4) is 0 Å². The van der Waals surface area contributed by atoms with Crippen molar-refractivity contribution in [1.82, 2.24) is 5.48 Å². The fraction of sp³-hybridized carbons (Fsp3) is 0.357. The van der Waals surface area contributed by atoms with Gasteiger partial charge < -0.3 is 15.7 Å². The molecule has 10 heteroatoms. The number of nitrogens with two attached hydrogens (primary N) is 1. The Morgan fingerprint density at radius 3 is 2.00 bits per heavy atom. The highest BCUT2D eigenvalue weighted by atomic mass is 19.4. The van der Waals surface area contributed by atoms with Gasteiger partial charge in [0.05, 0.1) is 0 Å². The van der Waals surface area contributed by atoms with Crippen molar-refractivity contribution in [1.29, 1.82) is 0 Å². The molecule has 1 aromatic rings. The minimum Gasteiger partial charge on any atom is -0.475 e. The number of carboxylic acids is 1. The SMILES string of the molecule is CC(C)C(N)C(=O)ONC(=O)c1ccccc1.O=C(O)C(F)(F)F. The Morgan fingerprint density at radius 2 is 1.62 bits per heavy atom. The van der Waals surface area contributed by atoms with Crippen LogP contribution in [-0.2, 0) is 14.4 Å². The number of benzene rings is 1. The van der Waals surface area contributed by atoms with E-state index in [9.17, 15) is 22.8 Å². The van der Waals surface area contributed by atoms with E-state index in [-0.39, 0.29) is 5.92 Å². The summed E-state index contributed by atoms with van der Waals surface area (Å²) in [5.41, 5.74) is 8.04. The standard InChI is InChI=1S/C12H16N2O3.C2HF3O2/c1-8(2)10(13)12(16)17-14-11(15)9-6-4-3-5-7-9;3-2(4,5)1(6)7/h3-8,10H,13H2,1-2H3,(H,14,15);(H,6,7). The number of hydrogen-bond acceptors (Lipinski definition) is 5. The normalized spacial score (nSPS) is 11.8. The third-order valence-corrected chi connectivity index (χ3v) is 2.51. The molecule has 0 aliphatic rings. The lowest BCUT2D eigenvalue weighted by Gasteiger charge is -2.13. The molecule has 0 bridgehead atoms. The van der Waals surface area contributed by atoms with Crippen molar-refractivity contribution in [3.05, 3.63) is 35.9 Å². The molecule has 24 heavy (non-hydrogen) atoms. The van der Waals surface area contributed by atoms with Crippen LogP contribution < -0.4 is 11.2 Å². The van der Waals surface area contributed by atoms with Crippen molar-refractivity contribution in [3.63, 3.8) is 0 Å². The lowest BCUT2D eigenvalue weighted by molar-refractivity contribution is -0.192. The Hall–Kier alpha value is -2.62. The highest BCUT2D eigenvalue weighted by Crippen LogP contribution is 2.13. The van der Waals surface area contributed by atoms with Crippen molar-refractivity contribution >= 4 is 17.8 Å². The van der Waals surface area contributed by atoms with Crippen molar-refractivity contribution < 1.29 is 37.5 Å². The summed E-state index contributed by atoms with van der Waals surface area (Å²) in [7, 11) is 0. The van der Waals surface area contributed by atoms with Gasteiger partial charge in [0, 0.05) is 5.56 Å². The summed E-state index contributed by atoms with van der Waals surface area (Å²) in [5.74, 6) is -3.93. The molecule has 4 N–H and O–H groups in total. The summed E-state index contributed by atoms with van der Waals surface area (Å²) < 4.78 is 31.7. The van der Waals surface area contributed by atoms with Crippen molar-refractivity contribution in [3.8, 4) is 0 Å². The second kappa shape index (κ2) is 9.50. The van der Waals surface area contributed by atoms with E-state index in [2.05, 4.69) is 10.3 Å². The zero-order chi connectivity index (χ0) is 18.9. The molecule has 0 fully saturated rings. The van der Waals surface area contributed by atoms with Gasteiger partial charge in [-0.15, -0.1) is 0 Å². The van der Waals surface area contributed by atoms with Crippen LogP contribution in [0.5, 0.6) is 0 Å². The number of carbonyl (C=O) groups excluding carboxylic acids is 2. The number of rotatable bonds is 3. The molecule has 1 unspecified atom stereocenters. The van der Waals surface area contributed by atoms with Crippen LogP contribution in [0.4, 0.5) is 13.2 Å². The quantitative estimate of drug-likeness (QED) is 0.711. The largest absolute Gasteiger partial charge is 0.490 e. The van der Waals surface area contributed by atoms with E-state index in [1.807, 2.05) is 0 Å². The van der Waals surface area contributed by atoms with Crippen LogP contribution in [0.25, 0.3) is 0 Å². The minimum atomic E-state index is -5.08. The predicted molar refractivity (Wildman–Crippen MR) is 76.5 cm³/mol. The van der Waals surface area contributed by atoms with Gasteiger partial charge in [0.2, 0.25) is 0 Å². The molecule has 0 radical (unpaired) electrons. The first-order chi connectivity index (χ1) is 11.0. The average molecular weight is 350 g/mol. The number of nitrogens with one attached hydrogen (secondary N) is 1. The lowest BCUT2D eigenvalue weighted by Crippen LogP contribution is -2.41. The van der Waals surface area contributed by atoms with E-state index in [4.69, 9.17) is 15.6 Å². The lowest BCUT2D eigenvalue weighted by atomic mass is 10.1. The van der Waals surface area contributed by atoms with E-state index in [0.29, 0.717) is 5.56 Å². The van der Waals surface area contributed by atoms with Crippen LogP contribution in [0.1, 0.15) is 24.2 Å². The number of hydrogen-bond donors (Lipinski definition) is 3. The topological polar surface area (TPSA) is 119 Å². The molecule has 0 saturated heterocycles. The first-order valence-corrected chi connectivity index (χ1v) is 6.58. The summed E-state index contributed by atoms with van der Waals surface area (Å²) in [4.78, 5) is 36.4. The van der Waals surface area contributed by atoms with Gasteiger partial charge in [-0.05, 0) is 18.1 Å². The maximum atomic E-state index is 11.5. The molecule has 134 valence electrons. The first kappa shape index (κ1) is 21.4. The third-order valence-electron chi connectivity index (χ3n) is 2.51. The molecule has 0 aliphatic carbocycles. The highest BCUT2D eigenvalue weighted by Gasteiger charge is 2.38. The molecular formula is C14H17F3N2O5. The molecule has 0 aliphatic heterocycles. The summed E-state index contributed by atoms with van der Waals surface area (Å²) >= 11 is 0. The molecule has 1 amide bonds. The van der Waals surface area contributed by atoms with E-state index >= 15 is 0 Å². The number of aliphatic carboxylic acids is 1. The van der Waals surface area contributed by atoms with Gasteiger partial charge in [-0.25, -0.2) is 9.59 Å². The van der Waals surface area contributed by atoms with E-state index in [1.165, 1.54) is 0 Å². The van der Waals surface area contributed by atoms with Gasteiger partial charge in [0.1, 0.15) is 6.04 Å². The van der Waals surface area contributed by atoms with E-state index in [0.717, 1.165) is 0 Å². The smallest absolute Gasteiger partial charge is 0.475 e. The van der Waals surface area contributed by atoms with Crippen LogP contribution in [-0.4, -0.2) is 35.2 Å². The highest BCUT2D eigenvalue weighted by molar-refractivity contribution is 5.94. The number of amides is 1. The minimum absolute atomic E-state index is 0.0453. The summed E-state index contributed by atoms with van der Waals surface area (Å²) in [6.45, 7) is 3.59. The summed E-state index contributed by atoms with van der Waals surface area (Å²) in [6, 6.07) is 7.72. The molecule has 7 nitrogen and oxygen atoms in total. The second-order valence-electron chi connectivity index (χ2n) is 4.79. The van der Waals surface area contributed by atoms with Gasteiger partial charge in [-0.3, -0.25) is 4.79 Å². The number of carboxylic acid groups (broad SMARTS) is 1. The molecule has 1 atom stereocenters. The van der Waals surface area contributed by atoms with Gasteiger partial charge in [0.25, 0.3) is 5.91 Å². The number of halogens is 3. The van der Waals surface area contributed by atoms with E-state index in [1.54, 1.807) is 44.2 Å². The number of hydroxylamine groups is 1. The Kier molecular flexibility index (Phi) is 8.47. The Morgan fingerprint density at radius 1 is 1.17 bits per heavy atom. The third kappa shape index (κ3) is 8.13. The van der Waals surface area contributed by atoms with Gasteiger partial charge >= 0.3 is 18.1 Å². The molecule has 1 aromatic carbocycles. The van der Waals surface area contributed by atoms with Crippen LogP contribution in [0.2, 0.25) is 0 Å². The van der Waals surface area contributed by atoms with Crippen molar-refractivity contribution in [2.75, 3.05) is 0 Å². The first-order valence-electron chi connectivity index (χ1n) is 6.58. The summed E-state index contributed by atoms with van der Waals surface area (Å²) in [6.07, 6.45) is -5.08. The zero-order valence-corrected chi connectivity index (χ0v) is 12.8. The number of carbonyl (C=O) groups is 3. The Bertz CT molecular complexity index is 561. The molecule has 0 aromatic heterocycles. The predicted octanol–water partition coefficient (Wildman–Crippen LogP) is 1.49. The van der Waals surface area contributed by atoms with Gasteiger partial charge in [-0.1, -0.05) is 32.0 Å². The summed E-state index contributed by atoms with van der Waals surface area (Å²) in [5, 5.41) is 7.12. The van der Waals surface area contributed by atoms with Crippen molar-refractivity contribution in [2.45, 2.75) is 26.1 Å². The zero-order valence-electron chi connectivity index (χ0n) is 12.8. The fourth-order valence-corrected chi connectivity index (χ4v) is 1.09. The molecule has 1 rings (SSSR count). The number of alkyl halides is 3. The molecular weight excluding hydrogens is 333 g/mol. The molecule has 0 saturated carbocycles. The van der Waals surface area contributed by atoms with Crippen LogP contribution in [0, 0.1) is 5.92 Å². The van der Waals surface area contributed by atoms with Crippen LogP contribution >= 0.6 is 0 Å². The van der Waals surface area contributed by atoms with Crippen LogP contribution in [0.15, 0.2) is 30.3 Å². The maximum absolute atomic E-state index is 11.5.